The minimum atomic E-state index is 0.241. The van der Waals surface area contributed by atoms with E-state index in [2.05, 4.69) is 24.0 Å². The van der Waals surface area contributed by atoms with E-state index in [9.17, 15) is 4.79 Å². The number of hydrogen-bond acceptors (Lipinski definition) is 4. The molecule has 0 unspecified atom stereocenters. The number of carbonyl (C=O) groups is 1. The summed E-state index contributed by atoms with van der Waals surface area (Å²) in [5.74, 6) is 1.75. The van der Waals surface area contributed by atoms with Crippen molar-refractivity contribution in [1.29, 1.82) is 0 Å². The molecule has 1 heterocycles. The number of thioether (sulfide) groups is 1. The van der Waals surface area contributed by atoms with Gasteiger partial charge in [-0.3, -0.25) is 9.36 Å². The first kappa shape index (κ1) is 23.4. The van der Waals surface area contributed by atoms with E-state index in [0.717, 1.165) is 54.5 Å². The highest BCUT2D eigenvalue weighted by Crippen LogP contribution is 2.32. The fraction of sp³-hybridized carbons (Fsp3) is 0.375. The van der Waals surface area contributed by atoms with Gasteiger partial charge in [0.2, 0.25) is 5.91 Å². The van der Waals surface area contributed by atoms with Crippen LogP contribution in [0.4, 0.5) is 0 Å². The van der Waals surface area contributed by atoms with Crippen LogP contribution in [-0.4, -0.2) is 44.4 Å². The third-order valence-electron chi connectivity index (χ3n) is 4.87. The van der Waals surface area contributed by atoms with Crippen LogP contribution in [0.15, 0.2) is 59.8 Å². The molecule has 0 N–H and O–H groups in total. The van der Waals surface area contributed by atoms with Gasteiger partial charge in [0.15, 0.2) is 11.0 Å². The lowest BCUT2D eigenvalue weighted by Gasteiger charge is -2.21. The molecule has 164 valence electrons. The fourth-order valence-corrected chi connectivity index (χ4v) is 4.55. The SMILES string of the molecule is CCCN(CCC)C(=O)CCCSc1nnc(-c2ccccc2Cl)n1-c1ccccc1. The summed E-state index contributed by atoms with van der Waals surface area (Å²) in [7, 11) is 0. The summed E-state index contributed by atoms with van der Waals surface area (Å²) in [5, 5.41) is 10.3. The van der Waals surface area contributed by atoms with Crippen LogP contribution in [0.2, 0.25) is 5.02 Å². The second-order valence-corrected chi connectivity index (χ2v) is 8.76. The van der Waals surface area contributed by atoms with E-state index in [1.54, 1.807) is 11.8 Å². The smallest absolute Gasteiger partial charge is 0.222 e. The molecule has 0 saturated carbocycles. The van der Waals surface area contributed by atoms with Gasteiger partial charge in [-0.15, -0.1) is 10.2 Å². The van der Waals surface area contributed by atoms with Gasteiger partial charge >= 0.3 is 0 Å². The maximum Gasteiger partial charge on any atom is 0.222 e. The lowest BCUT2D eigenvalue weighted by Crippen LogP contribution is -2.32. The standard InChI is InChI=1S/C24H29ClN4OS/c1-3-16-28(17-4-2)22(30)15-10-18-31-24-27-26-23(20-13-8-9-14-21(20)25)29(24)19-11-6-5-7-12-19/h5-9,11-14H,3-4,10,15-18H2,1-2H3. The van der Waals surface area contributed by atoms with Crippen LogP contribution in [-0.2, 0) is 4.79 Å². The highest BCUT2D eigenvalue weighted by Gasteiger charge is 2.18. The minimum absolute atomic E-state index is 0.241. The number of amides is 1. The Balaban J connectivity index is 1.73. The van der Waals surface area contributed by atoms with Crippen LogP contribution in [0.1, 0.15) is 39.5 Å². The van der Waals surface area contributed by atoms with E-state index in [1.165, 1.54) is 0 Å². The van der Waals surface area contributed by atoms with Crippen LogP contribution >= 0.6 is 23.4 Å². The van der Waals surface area contributed by atoms with Crippen LogP contribution in [0.5, 0.6) is 0 Å². The Morgan fingerprint density at radius 3 is 2.35 bits per heavy atom. The van der Waals surface area contributed by atoms with E-state index in [-0.39, 0.29) is 5.91 Å². The van der Waals surface area contributed by atoms with Gasteiger partial charge in [0.25, 0.3) is 0 Å². The van der Waals surface area contributed by atoms with Gasteiger partial charge in [0.05, 0.1) is 5.02 Å². The fourth-order valence-electron chi connectivity index (χ4n) is 3.44. The highest BCUT2D eigenvalue weighted by atomic mass is 35.5. The van der Waals surface area contributed by atoms with Crippen molar-refractivity contribution in [3.05, 3.63) is 59.6 Å². The summed E-state index contributed by atoms with van der Waals surface area (Å²) < 4.78 is 2.04. The molecule has 1 amide bonds. The number of carbonyl (C=O) groups excluding carboxylic acids is 1. The first-order valence-corrected chi connectivity index (χ1v) is 12.2. The second-order valence-electron chi connectivity index (χ2n) is 7.29. The molecule has 5 nitrogen and oxygen atoms in total. The zero-order valence-corrected chi connectivity index (χ0v) is 19.7. The van der Waals surface area contributed by atoms with Crippen molar-refractivity contribution in [2.45, 2.75) is 44.7 Å². The monoisotopic (exact) mass is 456 g/mol. The lowest BCUT2D eigenvalue weighted by molar-refractivity contribution is -0.131. The molecule has 0 bridgehead atoms. The van der Waals surface area contributed by atoms with Crippen molar-refractivity contribution in [2.75, 3.05) is 18.8 Å². The quantitative estimate of drug-likeness (QED) is 0.258. The van der Waals surface area contributed by atoms with Crippen molar-refractivity contribution >= 4 is 29.3 Å². The van der Waals surface area contributed by atoms with E-state index in [0.29, 0.717) is 17.3 Å². The number of halogens is 1. The Kier molecular flexibility index (Phi) is 8.98. The summed E-state index contributed by atoms with van der Waals surface area (Å²) in [6, 6.07) is 17.7. The molecule has 3 rings (SSSR count). The lowest BCUT2D eigenvalue weighted by atomic mass is 10.2. The molecule has 0 saturated heterocycles. The average Bonchev–Trinajstić information content (AvgIpc) is 3.21. The van der Waals surface area contributed by atoms with Crippen LogP contribution < -0.4 is 0 Å². The normalized spacial score (nSPS) is 10.9. The summed E-state index contributed by atoms with van der Waals surface area (Å²) in [4.78, 5) is 14.5. The van der Waals surface area contributed by atoms with E-state index in [1.807, 2.05) is 64.1 Å². The molecule has 0 aliphatic heterocycles. The second kappa shape index (κ2) is 11.9. The number of rotatable bonds is 11. The largest absolute Gasteiger partial charge is 0.343 e. The Bertz CT molecular complexity index is 971. The number of para-hydroxylation sites is 1. The summed E-state index contributed by atoms with van der Waals surface area (Å²) >= 11 is 8.06. The molecule has 0 aliphatic carbocycles. The van der Waals surface area contributed by atoms with Gasteiger partial charge in [-0.05, 0) is 43.5 Å². The Hall–Kier alpha value is -2.31. The maximum absolute atomic E-state index is 12.5. The maximum atomic E-state index is 12.5. The van der Waals surface area contributed by atoms with Crippen molar-refractivity contribution < 1.29 is 4.79 Å². The van der Waals surface area contributed by atoms with Gasteiger partial charge in [0, 0.05) is 36.5 Å². The zero-order chi connectivity index (χ0) is 22.1. The minimum Gasteiger partial charge on any atom is -0.343 e. The van der Waals surface area contributed by atoms with Gasteiger partial charge in [-0.25, -0.2) is 0 Å². The molecule has 0 fully saturated rings. The molecule has 31 heavy (non-hydrogen) atoms. The summed E-state index contributed by atoms with van der Waals surface area (Å²) in [6.45, 7) is 5.89. The van der Waals surface area contributed by atoms with Gasteiger partial charge < -0.3 is 4.90 Å². The number of nitrogens with zero attached hydrogens (tertiary/aromatic N) is 4. The van der Waals surface area contributed by atoms with Crippen molar-refractivity contribution in [3.63, 3.8) is 0 Å². The van der Waals surface area contributed by atoms with Crippen molar-refractivity contribution in [3.8, 4) is 17.1 Å². The highest BCUT2D eigenvalue weighted by molar-refractivity contribution is 7.99. The Labute approximate surface area is 193 Å². The van der Waals surface area contributed by atoms with Crippen molar-refractivity contribution in [1.82, 2.24) is 19.7 Å². The van der Waals surface area contributed by atoms with Crippen LogP contribution in [0.25, 0.3) is 17.1 Å². The first-order valence-electron chi connectivity index (χ1n) is 10.8. The number of benzene rings is 2. The molecule has 3 aromatic rings. The van der Waals surface area contributed by atoms with Gasteiger partial charge in [0.1, 0.15) is 0 Å². The third kappa shape index (κ3) is 6.11. The first-order chi connectivity index (χ1) is 15.2. The predicted molar refractivity (Wildman–Crippen MR) is 129 cm³/mol. The van der Waals surface area contributed by atoms with E-state index >= 15 is 0 Å². The molecule has 0 radical (unpaired) electrons. The van der Waals surface area contributed by atoms with Crippen LogP contribution in [0, 0.1) is 0 Å². The van der Waals surface area contributed by atoms with Gasteiger partial charge in [-0.1, -0.05) is 67.5 Å². The van der Waals surface area contributed by atoms with E-state index < -0.39 is 0 Å². The third-order valence-corrected chi connectivity index (χ3v) is 6.21. The topological polar surface area (TPSA) is 51.0 Å². The number of hydrogen-bond donors (Lipinski definition) is 0. The molecule has 1 aromatic heterocycles. The predicted octanol–water partition coefficient (Wildman–Crippen LogP) is 6.11. The molecule has 0 atom stereocenters. The summed E-state index contributed by atoms with van der Waals surface area (Å²) in [6.07, 6.45) is 3.34. The van der Waals surface area contributed by atoms with Crippen molar-refractivity contribution in [2.24, 2.45) is 0 Å². The van der Waals surface area contributed by atoms with Gasteiger partial charge in [-0.2, -0.15) is 0 Å². The van der Waals surface area contributed by atoms with E-state index in [4.69, 9.17) is 11.6 Å². The average molecular weight is 457 g/mol. The molecule has 0 spiro atoms. The van der Waals surface area contributed by atoms with Crippen LogP contribution in [0.3, 0.4) is 0 Å². The Morgan fingerprint density at radius 1 is 1.00 bits per heavy atom. The summed E-state index contributed by atoms with van der Waals surface area (Å²) in [5.41, 5.74) is 1.83. The Morgan fingerprint density at radius 2 is 1.68 bits per heavy atom. The molecular formula is C24H29ClN4OS. The molecule has 0 aliphatic rings. The number of aromatic nitrogens is 3. The zero-order valence-electron chi connectivity index (χ0n) is 18.1. The molecule has 7 heteroatoms. The molecule has 2 aromatic carbocycles. The molecular weight excluding hydrogens is 428 g/mol.